The molecule has 0 aliphatic carbocycles. The van der Waals surface area contributed by atoms with Gasteiger partial charge >= 0.3 is 5.97 Å². The fraction of sp³-hybridized carbons (Fsp3) is 0.0909. The molecule has 0 saturated carbocycles. The second-order valence-electron chi connectivity index (χ2n) is 3.18. The average molecular weight is 238 g/mol. The number of pyridine rings is 1. The fourth-order valence-corrected chi connectivity index (χ4v) is 1.66. The van der Waals surface area contributed by atoms with Gasteiger partial charge in [0.05, 0.1) is 17.6 Å². The Bertz CT molecular complexity index is 568. The Balaban J connectivity index is 2.71. The number of carboxylic acid groups (broad SMARTS) is 1. The first-order chi connectivity index (χ1) is 7.61. The molecule has 1 heterocycles. The van der Waals surface area contributed by atoms with Crippen molar-refractivity contribution in [3.05, 3.63) is 35.0 Å². The van der Waals surface area contributed by atoms with Crippen molar-refractivity contribution in [2.45, 2.75) is 0 Å². The van der Waals surface area contributed by atoms with Crippen LogP contribution in [-0.2, 0) is 0 Å². The van der Waals surface area contributed by atoms with Crippen LogP contribution in [0.4, 0.5) is 0 Å². The molecular weight excluding hydrogens is 230 g/mol. The summed E-state index contributed by atoms with van der Waals surface area (Å²) >= 11 is 5.98. The number of aromatic nitrogens is 1. The van der Waals surface area contributed by atoms with Gasteiger partial charge < -0.3 is 9.84 Å². The van der Waals surface area contributed by atoms with Gasteiger partial charge in [0, 0.05) is 5.39 Å². The molecule has 0 aliphatic rings. The summed E-state index contributed by atoms with van der Waals surface area (Å²) in [5.41, 5.74) is 0.466. The van der Waals surface area contributed by atoms with Crippen LogP contribution in [0.5, 0.6) is 5.75 Å². The summed E-state index contributed by atoms with van der Waals surface area (Å²) in [7, 11) is 1.55. The van der Waals surface area contributed by atoms with Crippen molar-refractivity contribution in [3.63, 3.8) is 0 Å². The highest BCUT2D eigenvalue weighted by Gasteiger charge is 2.10. The van der Waals surface area contributed by atoms with Gasteiger partial charge in [-0.15, -0.1) is 0 Å². The zero-order chi connectivity index (χ0) is 11.7. The molecule has 5 heteroatoms. The molecule has 2 rings (SSSR count). The van der Waals surface area contributed by atoms with E-state index in [2.05, 4.69) is 4.98 Å². The molecule has 0 saturated heterocycles. The molecule has 0 bridgehead atoms. The topological polar surface area (TPSA) is 59.4 Å². The Morgan fingerprint density at radius 1 is 1.44 bits per heavy atom. The van der Waals surface area contributed by atoms with Crippen molar-refractivity contribution in [1.29, 1.82) is 0 Å². The molecule has 1 aromatic carbocycles. The number of halogens is 1. The van der Waals surface area contributed by atoms with E-state index in [0.717, 1.165) is 0 Å². The van der Waals surface area contributed by atoms with E-state index in [1.54, 1.807) is 25.3 Å². The van der Waals surface area contributed by atoms with E-state index in [-0.39, 0.29) is 5.69 Å². The first-order valence-electron chi connectivity index (χ1n) is 4.49. The van der Waals surface area contributed by atoms with Gasteiger partial charge in [0.15, 0.2) is 0 Å². The molecule has 2 aromatic rings. The minimum Gasteiger partial charge on any atom is -0.497 e. The third-order valence-corrected chi connectivity index (χ3v) is 2.50. The Labute approximate surface area is 96.4 Å². The summed E-state index contributed by atoms with van der Waals surface area (Å²) in [4.78, 5) is 14.7. The third kappa shape index (κ3) is 1.79. The van der Waals surface area contributed by atoms with Gasteiger partial charge in [0.25, 0.3) is 0 Å². The largest absolute Gasteiger partial charge is 0.497 e. The molecule has 1 N–H and O–H groups in total. The van der Waals surface area contributed by atoms with Crippen LogP contribution in [0, 0.1) is 0 Å². The zero-order valence-electron chi connectivity index (χ0n) is 8.40. The van der Waals surface area contributed by atoms with Gasteiger partial charge in [-0.1, -0.05) is 11.6 Å². The predicted molar refractivity (Wildman–Crippen MR) is 60.3 cm³/mol. The highest BCUT2D eigenvalue weighted by Crippen LogP contribution is 2.26. The van der Waals surface area contributed by atoms with Crippen molar-refractivity contribution < 1.29 is 14.6 Å². The minimum absolute atomic E-state index is 0.0670. The van der Waals surface area contributed by atoms with E-state index in [1.165, 1.54) is 6.07 Å². The molecule has 0 amide bonds. The van der Waals surface area contributed by atoms with E-state index in [0.29, 0.717) is 21.7 Å². The quantitative estimate of drug-likeness (QED) is 0.872. The molecule has 0 aliphatic heterocycles. The summed E-state index contributed by atoms with van der Waals surface area (Å²) in [5.74, 6) is -0.445. The van der Waals surface area contributed by atoms with Crippen molar-refractivity contribution in [2.75, 3.05) is 7.11 Å². The first kappa shape index (κ1) is 10.7. The van der Waals surface area contributed by atoms with Gasteiger partial charge in [-0.05, 0) is 24.3 Å². The number of methoxy groups -OCH3 is 1. The van der Waals surface area contributed by atoms with E-state index in [1.807, 2.05) is 0 Å². The Morgan fingerprint density at radius 2 is 2.19 bits per heavy atom. The SMILES string of the molecule is COc1ccc2nc(C(=O)O)cc(Cl)c2c1. The van der Waals surface area contributed by atoms with Crippen molar-refractivity contribution in [3.8, 4) is 5.75 Å². The summed E-state index contributed by atoms with van der Waals surface area (Å²) in [6.45, 7) is 0. The smallest absolute Gasteiger partial charge is 0.354 e. The second-order valence-corrected chi connectivity index (χ2v) is 3.58. The average Bonchev–Trinajstić information content (AvgIpc) is 2.28. The lowest BCUT2D eigenvalue weighted by molar-refractivity contribution is 0.0691. The number of ether oxygens (including phenoxy) is 1. The van der Waals surface area contributed by atoms with Gasteiger partial charge in [-0.25, -0.2) is 9.78 Å². The Morgan fingerprint density at radius 3 is 2.81 bits per heavy atom. The zero-order valence-corrected chi connectivity index (χ0v) is 9.15. The van der Waals surface area contributed by atoms with Crippen LogP contribution in [0.1, 0.15) is 10.5 Å². The molecule has 0 fully saturated rings. The van der Waals surface area contributed by atoms with Crippen molar-refractivity contribution in [1.82, 2.24) is 4.98 Å². The number of hydrogen-bond donors (Lipinski definition) is 1. The molecular formula is C11H8ClNO3. The van der Waals surface area contributed by atoms with Crippen LogP contribution in [0.15, 0.2) is 24.3 Å². The van der Waals surface area contributed by atoms with Crippen molar-refractivity contribution >= 4 is 28.5 Å². The third-order valence-electron chi connectivity index (χ3n) is 2.18. The van der Waals surface area contributed by atoms with Crippen LogP contribution in [0.25, 0.3) is 10.9 Å². The molecule has 0 radical (unpaired) electrons. The van der Waals surface area contributed by atoms with E-state index in [9.17, 15) is 4.79 Å². The summed E-state index contributed by atoms with van der Waals surface area (Å²) in [6.07, 6.45) is 0. The normalized spacial score (nSPS) is 10.4. The monoisotopic (exact) mass is 237 g/mol. The number of nitrogens with zero attached hydrogens (tertiary/aromatic N) is 1. The number of benzene rings is 1. The van der Waals surface area contributed by atoms with Gasteiger partial charge in [0.1, 0.15) is 11.4 Å². The lowest BCUT2D eigenvalue weighted by Crippen LogP contribution is -2.00. The molecule has 4 nitrogen and oxygen atoms in total. The van der Waals surface area contributed by atoms with Gasteiger partial charge in [-0.3, -0.25) is 0 Å². The van der Waals surface area contributed by atoms with Crippen LogP contribution in [0.2, 0.25) is 5.02 Å². The number of hydrogen-bond acceptors (Lipinski definition) is 3. The number of fused-ring (bicyclic) bond motifs is 1. The molecule has 16 heavy (non-hydrogen) atoms. The molecule has 1 aromatic heterocycles. The lowest BCUT2D eigenvalue weighted by atomic mass is 10.2. The standard InChI is InChI=1S/C11H8ClNO3/c1-16-6-2-3-9-7(4-6)8(12)5-10(13-9)11(14)15/h2-5H,1H3,(H,14,15). The highest BCUT2D eigenvalue weighted by atomic mass is 35.5. The maximum atomic E-state index is 10.8. The summed E-state index contributed by atoms with van der Waals surface area (Å²) in [6, 6.07) is 6.42. The Kier molecular flexibility index (Phi) is 2.66. The fourth-order valence-electron chi connectivity index (χ4n) is 1.40. The maximum Gasteiger partial charge on any atom is 0.354 e. The second kappa shape index (κ2) is 3.98. The molecule has 0 atom stereocenters. The Hall–Kier alpha value is -1.81. The van der Waals surface area contributed by atoms with E-state index in [4.69, 9.17) is 21.4 Å². The van der Waals surface area contributed by atoms with Crippen LogP contribution in [-0.4, -0.2) is 23.2 Å². The van der Waals surface area contributed by atoms with Crippen molar-refractivity contribution in [2.24, 2.45) is 0 Å². The summed E-state index contributed by atoms with van der Waals surface area (Å²) in [5, 5.41) is 9.84. The lowest BCUT2D eigenvalue weighted by Gasteiger charge is -2.04. The molecule has 0 spiro atoms. The van der Waals surface area contributed by atoms with E-state index < -0.39 is 5.97 Å². The van der Waals surface area contributed by atoms with E-state index >= 15 is 0 Å². The predicted octanol–water partition coefficient (Wildman–Crippen LogP) is 2.59. The molecule has 82 valence electrons. The maximum absolute atomic E-state index is 10.8. The number of carboxylic acids is 1. The number of carbonyl (C=O) groups is 1. The number of aromatic carboxylic acids is 1. The number of rotatable bonds is 2. The molecule has 0 unspecified atom stereocenters. The summed E-state index contributed by atoms with van der Waals surface area (Å²) < 4.78 is 5.05. The van der Waals surface area contributed by atoms with Crippen LogP contribution in [0.3, 0.4) is 0 Å². The van der Waals surface area contributed by atoms with Crippen LogP contribution < -0.4 is 4.74 Å². The van der Waals surface area contributed by atoms with Gasteiger partial charge in [-0.2, -0.15) is 0 Å². The minimum atomic E-state index is -1.10. The highest BCUT2D eigenvalue weighted by molar-refractivity contribution is 6.35. The first-order valence-corrected chi connectivity index (χ1v) is 4.87. The van der Waals surface area contributed by atoms with Gasteiger partial charge in [0.2, 0.25) is 0 Å². The van der Waals surface area contributed by atoms with Crippen LogP contribution >= 0.6 is 11.6 Å².